The molecular weight excluding hydrogens is 328 g/mol. The molecule has 3 rings (SSSR count). The summed E-state index contributed by atoms with van der Waals surface area (Å²) < 4.78 is 5.12. The minimum atomic E-state index is -0.219. The van der Waals surface area contributed by atoms with E-state index in [9.17, 15) is 4.79 Å². The molecule has 0 fully saturated rings. The Hall–Kier alpha value is -3.41. The van der Waals surface area contributed by atoms with Crippen LogP contribution in [0.2, 0.25) is 0 Å². The molecule has 2 amide bonds. The Labute approximate surface area is 152 Å². The van der Waals surface area contributed by atoms with Crippen molar-refractivity contribution in [2.45, 2.75) is 13.1 Å². The number of nitrogens with zero attached hydrogens (tertiary/aromatic N) is 2. The van der Waals surface area contributed by atoms with Gasteiger partial charge in [-0.1, -0.05) is 12.1 Å². The summed E-state index contributed by atoms with van der Waals surface area (Å²) in [5.41, 5.74) is 3.83. The average Bonchev–Trinajstić information content (AvgIpc) is 2.72. The maximum Gasteiger partial charge on any atom is 0.315 e. The van der Waals surface area contributed by atoms with Gasteiger partial charge in [0.1, 0.15) is 5.75 Å². The zero-order valence-electron chi connectivity index (χ0n) is 14.5. The average molecular weight is 348 g/mol. The van der Waals surface area contributed by atoms with E-state index in [0.717, 1.165) is 28.1 Å². The normalized spacial score (nSPS) is 10.2. The Morgan fingerprint density at radius 2 is 1.62 bits per heavy atom. The fourth-order valence-corrected chi connectivity index (χ4v) is 2.44. The van der Waals surface area contributed by atoms with Crippen molar-refractivity contribution in [3.05, 3.63) is 78.2 Å². The first kappa shape index (κ1) is 17.4. The summed E-state index contributed by atoms with van der Waals surface area (Å²) in [5, 5.41) is 5.69. The number of carbonyl (C=O) groups excluding carboxylic acids is 1. The molecule has 26 heavy (non-hydrogen) atoms. The smallest absolute Gasteiger partial charge is 0.315 e. The summed E-state index contributed by atoms with van der Waals surface area (Å²) in [6.07, 6.45) is 5.20. The Morgan fingerprint density at radius 1 is 0.923 bits per heavy atom. The Morgan fingerprint density at radius 3 is 2.31 bits per heavy atom. The molecule has 0 aliphatic rings. The summed E-state index contributed by atoms with van der Waals surface area (Å²) in [6, 6.07) is 15.0. The summed E-state index contributed by atoms with van der Waals surface area (Å²) in [4.78, 5) is 20.4. The highest BCUT2D eigenvalue weighted by Crippen LogP contribution is 2.16. The summed E-state index contributed by atoms with van der Waals surface area (Å²) in [5.74, 6) is 0.792. The van der Waals surface area contributed by atoms with Crippen LogP contribution in [0.5, 0.6) is 5.75 Å². The number of pyridine rings is 2. The van der Waals surface area contributed by atoms with Crippen LogP contribution in [0.15, 0.2) is 67.1 Å². The largest absolute Gasteiger partial charge is 0.497 e. The summed E-state index contributed by atoms with van der Waals surface area (Å²) >= 11 is 0. The lowest BCUT2D eigenvalue weighted by Crippen LogP contribution is -2.34. The van der Waals surface area contributed by atoms with Crippen molar-refractivity contribution in [2.24, 2.45) is 0 Å². The first-order valence-corrected chi connectivity index (χ1v) is 8.24. The molecule has 2 N–H and O–H groups in total. The van der Waals surface area contributed by atoms with E-state index in [1.807, 2.05) is 48.5 Å². The van der Waals surface area contributed by atoms with Crippen LogP contribution in [-0.2, 0) is 13.1 Å². The number of carbonyl (C=O) groups is 1. The third-order valence-electron chi connectivity index (χ3n) is 3.87. The molecule has 2 heterocycles. The van der Waals surface area contributed by atoms with E-state index in [-0.39, 0.29) is 6.03 Å². The lowest BCUT2D eigenvalue weighted by Gasteiger charge is -2.09. The number of rotatable bonds is 6. The number of methoxy groups -OCH3 is 1. The van der Waals surface area contributed by atoms with E-state index in [0.29, 0.717) is 13.1 Å². The molecule has 1 aromatic carbocycles. The van der Waals surface area contributed by atoms with Gasteiger partial charge in [-0.05, 0) is 47.5 Å². The molecule has 0 aliphatic carbocycles. The number of hydrogen-bond acceptors (Lipinski definition) is 4. The maximum atomic E-state index is 12.0. The number of nitrogens with one attached hydrogen (secondary N) is 2. The van der Waals surface area contributed by atoms with E-state index in [4.69, 9.17) is 4.74 Å². The topological polar surface area (TPSA) is 76.1 Å². The van der Waals surface area contributed by atoms with Crippen LogP contribution in [0.25, 0.3) is 11.3 Å². The molecule has 0 spiro atoms. The zero-order valence-corrected chi connectivity index (χ0v) is 14.5. The van der Waals surface area contributed by atoms with Crippen molar-refractivity contribution in [1.82, 2.24) is 20.6 Å². The molecule has 0 saturated heterocycles. The predicted molar refractivity (Wildman–Crippen MR) is 99.5 cm³/mol. The van der Waals surface area contributed by atoms with E-state index in [1.54, 1.807) is 25.7 Å². The molecule has 0 atom stereocenters. The van der Waals surface area contributed by atoms with E-state index in [2.05, 4.69) is 20.6 Å². The maximum absolute atomic E-state index is 12.0. The summed E-state index contributed by atoms with van der Waals surface area (Å²) in [6.45, 7) is 0.878. The number of aromatic nitrogens is 2. The number of hydrogen-bond donors (Lipinski definition) is 2. The standard InChI is InChI=1S/C20H20N4O2/c1-26-18-4-2-15(3-5-18)13-23-20(25)24-14-16-6-11-22-19(12-16)17-7-9-21-10-8-17/h2-12H,13-14H2,1H3,(H2,23,24,25). The van der Waals surface area contributed by atoms with Gasteiger partial charge >= 0.3 is 6.03 Å². The fraction of sp³-hybridized carbons (Fsp3) is 0.150. The zero-order chi connectivity index (χ0) is 18.2. The first-order chi connectivity index (χ1) is 12.7. The number of ether oxygens (including phenoxy) is 1. The molecular formula is C20H20N4O2. The van der Waals surface area contributed by atoms with Gasteiger partial charge in [0, 0.05) is 37.2 Å². The number of benzene rings is 1. The van der Waals surface area contributed by atoms with Crippen molar-refractivity contribution in [3.63, 3.8) is 0 Å². The first-order valence-electron chi connectivity index (χ1n) is 8.24. The monoisotopic (exact) mass is 348 g/mol. The molecule has 0 bridgehead atoms. The molecule has 0 saturated carbocycles. The van der Waals surface area contributed by atoms with E-state index < -0.39 is 0 Å². The van der Waals surface area contributed by atoms with Gasteiger partial charge in [-0.3, -0.25) is 9.97 Å². The quantitative estimate of drug-likeness (QED) is 0.717. The van der Waals surface area contributed by atoms with Gasteiger partial charge < -0.3 is 15.4 Å². The van der Waals surface area contributed by atoms with Crippen molar-refractivity contribution in [2.75, 3.05) is 7.11 Å². The molecule has 0 aliphatic heterocycles. The third kappa shape index (κ3) is 4.80. The number of urea groups is 1. The highest BCUT2D eigenvalue weighted by Gasteiger charge is 2.04. The molecule has 3 aromatic rings. The summed E-state index contributed by atoms with van der Waals surface area (Å²) in [7, 11) is 1.62. The van der Waals surface area contributed by atoms with Crippen LogP contribution in [0.3, 0.4) is 0 Å². The van der Waals surface area contributed by atoms with Crippen LogP contribution in [0.4, 0.5) is 4.79 Å². The highest BCUT2D eigenvalue weighted by molar-refractivity contribution is 5.73. The molecule has 6 heteroatoms. The minimum Gasteiger partial charge on any atom is -0.497 e. The second-order valence-corrected chi connectivity index (χ2v) is 5.67. The fourth-order valence-electron chi connectivity index (χ4n) is 2.44. The van der Waals surface area contributed by atoms with Gasteiger partial charge in [0.15, 0.2) is 0 Å². The van der Waals surface area contributed by atoms with Crippen LogP contribution >= 0.6 is 0 Å². The van der Waals surface area contributed by atoms with Crippen molar-refractivity contribution < 1.29 is 9.53 Å². The Balaban J connectivity index is 1.51. The molecule has 2 aromatic heterocycles. The van der Waals surface area contributed by atoms with Gasteiger partial charge in [0.2, 0.25) is 0 Å². The van der Waals surface area contributed by atoms with Crippen LogP contribution < -0.4 is 15.4 Å². The van der Waals surface area contributed by atoms with Crippen molar-refractivity contribution in [3.8, 4) is 17.0 Å². The Kier molecular flexibility index (Phi) is 5.77. The molecule has 0 radical (unpaired) electrons. The van der Waals surface area contributed by atoms with Crippen LogP contribution in [0, 0.1) is 0 Å². The van der Waals surface area contributed by atoms with Crippen LogP contribution in [0.1, 0.15) is 11.1 Å². The molecule has 132 valence electrons. The predicted octanol–water partition coefficient (Wildman–Crippen LogP) is 3.15. The second kappa shape index (κ2) is 8.62. The van der Waals surface area contributed by atoms with Gasteiger partial charge in [-0.2, -0.15) is 0 Å². The van der Waals surface area contributed by atoms with E-state index >= 15 is 0 Å². The van der Waals surface area contributed by atoms with Crippen molar-refractivity contribution >= 4 is 6.03 Å². The van der Waals surface area contributed by atoms with Gasteiger partial charge in [-0.25, -0.2) is 4.79 Å². The third-order valence-corrected chi connectivity index (χ3v) is 3.87. The van der Waals surface area contributed by atoms with Crippen LogP contribution in [-0.4, -0.2) is 23.1 Å². The minimum absolute atomic E-state index is 0.219. The number of amides is 2. The highest BCUT2D eigenvalue weighted by atomic mass is 16.5. The van der Waals surface area contributed by atoms with Gasteiger partial charge in [0.25, 0.3) is 0 Å². The Bertz CT molecular complexity index is 851. The van der Waals surface area contributed by atoms with E-state index in [1.165, 1.54) is 0 Å². The lowest BCUT2D eigenvalue weighted by atomic mass is 10.1. The SMILES string of the molecule is COc1ccc(CNC(=O)NCc2ccnc(-c3ccncc3)c2)cc1. The molecule has 6 nitrogen and oxygen atoms in total. The second-order valence-electron chi connectivity index (χ2n) is 5.67. The van der Waals surface area contributed by atoms with Crippen molar-refractivity contribution in [1.29, 1.82) is 0 Å². The van der Waals surface area contributed by atoms with Gasteiger partial charge in [-0.15, -0.1) is 0 Å². The lowest BCUT2D eigenvalue weighted by molar-refractivity contribution is 0.240. The molecule has 0 unspecified atom stereocenters. The van der Waals surface area contributed by atoms with Gasteiger partial charge in [0.05, 0.1) is 12.8 Å².